The molecule has 2 aromatic rings. The Morgan fingerprint density at radius 3 is 2.47 bits per heavy atom. The molecule has 0 aliphatic heterocycles. The summed E-state index contributed by atoms with van der Waals surface area (Å²) in [6.45, 7) is 6.40. The summed E-state index contributed by atoms with van der Waals surface area (Å²) in [6, 6.07) is 6.09. The molecule has 0 saturated carbocycles. The minimum absolute atomic E-state index is 0.671. The number of nitrogens with zero attached hydrogens (tertiary/aromatic N) is 1. The average molecular weight is 201 g/mol. The Labute approximate surface area is 89.9 Å². The molecule has 0 aliphatic rings. The van der Waals surface area contributed by atoms with E-state index in [0.29, 0.717) is 5.88 Å². The van der Waals surface area contributed by atoms with Gasteiger partial charge in [0.05, 0.1) is 12.6 Å². The van der Waals surface area contributed by atoms with Crippen LogP contribution in [-0.4, -0.2) is 12.1 Å². The van der Waals surface area contributed by atoms with Gasteiger partial charge in [-0.25, -0.2) is 4.98 Å². The summed E-state index contributed by atoms with van der Waals surface area (Å²) in [6.07, 6.45) is 0. The number of benzene rings is 1. The number of aryl methyl sites for hydroxylation is 2. The summed E-state index contributed by atoms with van der Waals surface area (Å²) in [5.74, 6) is 0.671. The summed E-state index contributed by atoms with van der Waals surface area (Å²) >= 11 is 0. The lowest BCUT2D eigenvalue weighted by Crippen LogP contribution is -1.93. The Balaban J connectivity index is 2.80. The molecule has 15 heavy (non-hydrogen) atoms. The number of rotatable bonds is 1. The molecule has 2 heteroatoms. The maximum absolute atomic E-state index is 5.12. The highest BCUT2D eigenvalue weighted by molar-refractivity contribution is 5.84. The fraction of sp³-hybridized carbons (Fsp3) is 0.308. The minimum Gasteiger partial charge on any atom is -0.481 e. The first-order valence-electron chi connectivity index (χ1n) is 5.05. The van der Waals surface area contributed by atoms with Crippen molar-refractivity contribution < 1.29 is 4.74 Å². The molecule has 1 heterocycles. The van der Waals surface area contributed by atoms with E-state index in [-0.39, 0.29) is 0 Å². The Morgan fingerprint density at radius 1 is 1.07 bits per heavy atom. The van der Waals surface area contributed by atoms with Crippen LogP contribution in [0.15, 0.2) is 18.2 Å². The van der Waals surface area contributed by atoms with Gasteiger partial charge in [-0.3, -0.25) is 0 Å². The van der Waals surface area contributed by atoms with Gasteiger partial charge in [-0.2, -0.15) is 0 Å². The number of aromatic nitrogens is 1. The highest BCUT2D eigenvalue weighted by Crippen LogP contribution is 2.25. The second kappa shape index (κ2) is 3.54. The van der Waals surface area contributed by atoms with Gasteiger partial charge in [0.25, 0.3) is 0 Å². The van der Waals surface area contributed by atoms with Crippen molar-refractivity contribution in [3.8, 4) is 5.88 Å². The van der Waals surface area contributed by atoms with E-state index >= 15 is 0 Å². The zero-order valence-electron chi connectivity index (χ0n) is 9.59. The molecule has 0 fully saturated rings. The molecule has 0 saturated heterocycles. The summed E-state index contributed by atoms with van der Waals surface area (Å²) in [4.78, 5) is 4.43. The van der Waals surface area contributed by atoms with Crippen LogP contribution in [0.1, 0.15) is 16.7 Å². The van der Waals surface area contributed by atoms with Crippen molar-refractivity contribution in [1.29, 1.82) is 0 Å². The van der Waals surface area contributed by atoms with E-state index in [0.717, 1.165) is 5.52 Å². The van der Waals surface area contributed by atoms with Crippen LogP contribution in [0.5, 0.6) is 5.88 Å². The fourth-order valence-electron chi connectivity index (χ4n) is 1.81. The highest BCUT2D eigenvalue weighted by atomic mass is 16.5. The SMILES string of the molecule is COc1ccc2c(C)c(C)c(C)cc2n1. The number of ether oxygens (including phenoxy) is 1. The van der Waals surface area contributed by atoms with E-state index in [4.69, 9.17) is 4.74 Å². The van der Waals surface area contributed by atoms with Crippen molar-refractivity contribution in [2.24, 2.45) is 0 Å². The molecule has 0 bridgehead atoms. The van der Waals surface area contributed by atoms with Gasteiger partial charge >= 0.3 is 0 Å². The zero-order valence-corrected chi connectivity index (χ0v) is 9.59. The van der Waals surface area contributed by atoms with Crippen LogP contribution >= 0.6 is 0 Å². The monoisotopic (exact) mass is 201 g/mol. The summed E-state index contributed by atoms with van der Waals surface area (Å²) in [5.41, 5.74) is 4.94. The number of hydrogen-bond donors (Lipinski definition) is 0. The maximum atomic E-state index is 5.12. The summed E-state index contributed by atoms with van der Waals surface area (Å²) in [7, 11) is 1.64. The van der Waals surface area contributed by atoms with E-state index < -0.39 is 0 Å². The molecule has 0 aliphatic carbocycles. The zero-order chi connectivity index (χ0) is 11.0. The van der Waals surface area contributed by atoms with Gasteiger partial charge in [0.2, 0.25) is 5.88 Å². The lowest BCUT2D eigenvalue weighted by Gasteiger charge is -2.09. The average Bonchev–Trinajstić information content (AvgIpc) is 2.25. The predicted molar refractivity (Wildman–Crippen MR) is 62.5 cm³/mol. The van der Waals surface area contributed by atoms with Crippen LogP contribution in [0.4, 0.5) is 0 Å². The first-order valence-corrected chi connectivity index (χ1v) is 5.05. The first kappa shape index (κ1) is 9.97. The van der Waals surface area contributed by atoms with E-state index in [1.807, 2.05) is 6.07 Å². The largest absolute Gasteiger partial charge is 0.481 e. The van der Waals surface area contributed by atoms with Crippen molar-refractivity contribution in [2.45, 2.75) is 20.8 Å². The van der Waals surface area contributed by atoms with Crippen molar-refractivity contribution >= 4 is 10.9 Å². The smallest absolute Gasteiger partial charge is 0.213 e. The molecule has 2 rings (SSSR count). The van der Waals surface area contributed by atoms with Gasteiger partial charge < -0.3 is 4.74 Å². The molecule has 0 atom stereocenters. The third-order valence-electron chi connectivity index (χ3n) is 3.02. The molecule has 1 aromatic heterocycles. The van der Waals surface area contributed by atoms with Gasteiger partial charge in [0.1, 0.15) is 0 Å². The molecule has 78 valence electrons. The third-order valence-corrected chi connectivity index (χ3v) is 3.02. The van der Waals surface area contributed by atoms with Crippen LogP contribution in [0, 0.1) is 20.8 Å². The van der Waals surface area contributed by atoms with Crippen LogP contribution in [-0.2, 0) is 0 Å². The topological polar surface area (TPSA) is 22.1 Å². The highest BCUT2D eigenvalue weighted by Gasteiger charge is 2.05. The van der Waals surface area contributed by atoms with Crippen molar-refractivity contribution in [2.75, 3.05) is 7.11 Å². The number of fused-ring (bicyclic) bond motifs is 1. The van der Waals surface area contributed by atoms with Gasteiger partial charge in [-0.15, -0.1) is 0 Å². The predicted octanol–water partition coefficient (Wildman–Crippen LogP) is 3.17. The van der Waals surface area contributed by atoms with E-state index in [1.54, 1.807) is 7.11 Å². The lowest BCUT2D eigenvalue weighted by molar-refractivity contribution is 0.399. The third kappa shape index (κ3) is 1.56. The fourth-order valence-corrected chi connectivity index (χ4v) is 1.81. The standard InChI is InChI=1S/C13H15NO/c1-8-7-12-11(10(3)9(8)2)5-6-13(14-12)15-4/h5-7H,1-4H3. The number of pyridine rings is 1. The van der Waals surface area contributed by atoms with E-state index in [9.17, 15) is 0 Å². The summed E-state index contributed by atoms with van der Waals surface area (Å²) < 4.78 is 5.12. The molecule has 0 radical (unpaired) electrons. The van der Waals surface area contributed by atoms with E-state index in [2.05, 4.69) is 37.9 Å². The van der Waals surface area contributed by atoms with Crippen molar-refractivity contribution in [3.05, 3.63) is 34.9 Å². The van der Waals surface area contributed by atoms with Gasteiger partial charge in [-0.1, -0.05) is 0 Å². The Morgan fingerprint density at radius 2 is 1.80 bits per heavy atom. The molecule has 0 amide bonds. The van der Waals surface area contributed by atoms with Crippen LogP contribution < -0.4 is 4.74 Å². The molecular weight excluding hydrogens is 186 g/mol. The van der Waals surface area contributed by atoms with Crippen molar-refractivity contribution in [1.82, 2.24) is 4.98 Å². The molecule has 2 nitrogen and oxygen atoms in total. The minimum atomic E-state index is 0.671. The molecule has 0 N–H and O–H groups in total. The number of methoxy groups -OCH3 is 1. The Hall–Kier alpha value is -1.57. The van der Waals surface area contributed by atoms with Gasteiger partial charge in [0, 0.05) is 11.5 Å². The van der Waals surface area contributed by atoms with Gasteiger partial charge in [-0.05, 0) is 49.6 Å². The Bertz CT molecular complexity index is 517. The van der Waals surface area contributed by atoms with Gasteiger partial charge in [0.15, 0.2) is 0 Å². The van der Waals surface area contributed by atoms with Crippen LogP contribution in [0.3, 0.4) is 0 Å². The first-order chi connectivity index (χ1) is 7.13. The lowest BCUT2D eigenvalue weighted by atomic mass is 9.99. The Kier molecular flexibility index (Phi) is 2.35. The van der Waals surface area contributed by atoms with Crippen LogP contribution in [0.2, 0.25) is 0 Å². The molecule has 0 spiro atoms. The number of hydrogen-bond acceptors (Lipinski definition) is 2. The molecule has 1 aromatic carbocycles. The van der Waals surface area contributed by atoms with Crippen molar-refractivity contribution in [3.63, 3.8) is 0 Å². The molecule has 0 unspecified atom stereocenters. The maximum Gasteiger partial charge on any atom is 0.213 e. The second-order valence-corrected chi connectivity index (χ2v) is 3.86. The normalized spacial score (nSPS) is 10.7. The molecular formula is C13H15NO. The van der Waals surface area contributed by atoms with Crippen LogP contribution in [0.25, 0.3) is 10.9 Å². The second-order valence-electron chi connectivity index (χ2n) is 3.86. The summed E-state index contributed by atoms with van der Waals surface area (Å²) in [5, 5.41) is 1.21. The quantitative estimate of drug-likeness (QED) is 0.707. The van der Waals surface area contributed by atoms with E-state index in [1.165, 1.54) is 22.1 Å².